The maximum absolute atomic E-state index is 12.4. The average Bonchev–Trinajstić information content (AvgIpc) is 2.99. The van der Waals surface area contributed by atoms with E-state index in [0.29, 0.717) is 11.5 Å². The van der Waals surface area contributed by atoms with Gasteiger partial charge in [0.1, 0.15) is 0 Å². The number of amides is 1. The standard InChI is InChI=1S/C21H25NO3S/c1-12-5-6-16-17(11-26-18(16)9-12)21(24)25-10-19(23)22-20-14(3)7-13(2)8-15(20)4/h7-8,11-12H,5-6,9-10H2,1-4H3,(H,22,23)/t12-/m0/s1. The van der Waals surface area contributed by atoms with Crippen molar-refractivity contribution in [1.29, 1.82) is 0 Å². The molecule has 0 spiro atoms. The molecule has 1 atom stereocenters. The van der Waals surface area contributed by atoms with Gasteiger partial charge in [0.05, 0.1) is 5.56 Å². The summed E-state index contributed by atoms with van der Waals surface area (Å²) in [5, 5.41) is 4.73. The molecule has 138 valence electrons. The molecular weight excluding hydrogens is 346 g/mol. The molecule has 0 bridgehead atoms. The summed E-state index contributed by atoms with van der Waals surface area (Å²) in [4.78, 5) is 25.9. The second kappa shape index (κ2) is 7.62. The highest BCUT2D eigenvalue weighted by atomic mass is 32.1. The van der Waals surface area contributed by atoms with Gasteiger partial charge in [-0.15, -0.1) is 11.3 Å². The van der Waals surface area contributed by atoms with E-state index in [-0.39, 0.29) is 12.5 Å². The van der Waals surface area contributed by atoms with Crippen LogP contribution in [0.5, 0.6) is 0 Å². The molecule has 1 aliphatic carbocycles. The van der Waals surface area contributed by atoms with Crippen LogP contribution in [0.15, 0.2) is 17.5 Å². The molecule has 1 heterocycles. The minimum Gasteiger partial charge on any atom is -0.452 e. The molecule has 3 rings (SSSR count). The van der Waals surface area contributed by atoms with Crippen molar-refractivity contribution < 1.29 is 14.3 Å². The van der Waals surface area contributed by atoms with Crippen molar-refractivity contribution in [3.05, 3.63) is 50.2 Å². The van der Waals surface area contributed by atoms with Crippen LogP contribution in [-0.2, 0) is 22.4 Å². The number of thiophene rings is 1. The lowest BCUT2D eigenvalue weighted by molar-refractivity contribution is -0.119. The van der Waals surface area contributed by atoms with E-state index in [1.807, 2.05) is 38.3 Å². The number of aryl methyl sites for hydroxylation is 3. The molecule has 26 heavy (non-hydrogen) atoms. The molecule has 0 saturated carbocycles. The lowest BCUT2D eigenvalue weighted by atomic mass is 9.88. The highest BCUT2D eigenvalue weighted by molar-refractivity contribution is 7.10. The Morgan fingerprint density at radius 1 is 1.23 bits per heavy atom. The minimum absolute atomic E-state index is 0.271. The van der Waals surface area contributed by atoms with Crippen molar-refractivity contribution in [3.63, 3.8) is 0 Å². The molecule has 1 amide bonds. The van der Waals surface area contributed by atoms with Gasteiger partial charge in [-0.1, -0.05) is 24.6 Å². The molecule has 4 nitrogen and oxygen atoms in total. The van der Waals surface area contributed by atoms with E-state index in [0.717, 1.165) is 47.2 Å². The Kier molecular flexibility index (Phi) is 5.47. The molecular formula is C21H25NO3S. The summed E-state index contributed by atoms with van der Waals surface area (Å²) in [6, 6.07) is 4.04. The van der Waals surface area contributed by atoms with E-state index < -0.39 is 5.97 Å². The molecule has 1 aromatic carbocycles. The van der Waals surface area contributed by atoms with Crippen LogP contribution in [0.1, 0.15) is 50.8 Å². The molecule has 1 aliphatic rings. The Morgan fingerprint density at radius 2 is 1.92 bits per heavy atom. The third kappa shape index (κ3) is 3.98. The molecule has 0 unspecified atom stereocenters. The third-order valence-electron chi connectivity index (χ3n) is 4.90. The Balaban J connectivity index is 1.61. The van der Waals surface area contributed by atoms with Crippen LogP contribution in [0.25, 0.3) is 0 Å². The SMILES string of the molecule is Cc1cc(C)c(NC(=O)COC(=O)c2csc3c2CC[C@H](C)C3)c(C)c1. The van der Waals surface area contributed by atoms with E-state index in [9.17, 15) is 9.59 Å². The van der Waals surface area contributed by atoms with Crippen molar-refractivity contribution in [3.8, 4) is 0 Å². The second-order valence-corrected chi connectivity index (χ2v) is 8.26. The molecule has 0 fully saturated rings. The molecule has 0 radical (unpaired) electrons. The third-order valence-corrected chi connectivity index (χ3v) is 5.95. The lowest BCUT2D eigenvalue weighted by Gasteiger charge is -2.18. The quantitative estimate of drug-likeness (QED) is 0.800. The summed E-state index contributed by atoms with van der Waals surface area (Å²) in [6.45, 7) is 7.91. The number of anilines is 1. The predicted octanol–water partition coefficient (Wildman–Crippen LogP) is 4.59. The largest absolute Gasteiger partial charge is 0.452 e. The van der Waals surface area contributed by atoms with Gasteiger partial charge in [-0.2, -0.15) is 0 Å². The van der Waals surface area contributed by atoms with Gasteiger partial charge in [-0.25, -0.2) is 4.79 Å². The number of ether oxygens (including phenoxy) is 1. The van der Waals surface area contributed by atoms with E-state index in [1.165, 1.54) is 4.88 Å². The van der Waals surface area contributed by atoms with Crippen LogP contribution in [0.3, 0.4) is 0 Å². The van der Waals surface area contributed by atoms with Crippen LogP contribution < -0.4 is 5.32 Å². The Bertz CT molecular complexity index is 830. The van der Waals surface area contributed by atoms with Gasteiger partial charge in [-0.05, 0) is 62.6 Å². The maximum Gasteiger partial charge on any atom is 0.339 e. The Labute approximate surface area is 158 Å². The first-order chi connectivity index (χ1) is 12.3. The molecule has 0 aliphatic heterocycles. The number of carbonyl (C=O) groups excluding carboxylic acids is 2. The van der Waals surface area contributed by atoms with Crippen molar-refractivity contribution in [1.82, 2.24) is 0 Å². The molecule has 2 aromatic rings. The van der Waals surface area contributed by atoms with E-state index in [4.69, 9.17) is 4.74 Å². The van der Waals surface area contributed by atoms with Crippen molar-refractivity contribution >= 4 is 28.9 Å². The van der Waals surface area contributed by atoms with Crippen LogP contribution in [0.2, 0.25) is 0 Å². The van der Waals surface area contributed by atoms with Crippen LogP contribution in [-0.4, -0.2) is 18.5 Å². The zero-order chi connectivity index (χ0) is 18.8. The summed E-state index contributed by atoms with van der Waals surface area (Å²) in [5.74, 6) is -0.0486. The summed E-state index contributed by atoms with van der Waals surface area (Å²) < 4.78 is 5.27. The fraction of sp³-hybridized carbons (Fsp3) is 0.429. The monoisotopic (exact) mass is 371 g/mol. The van der Waals surface area contributed by atoms with Gasteiger partial charge < -0.3 is 10.1 Å². The number of nitrogens with one attached hydrogen (secondary N) is 1. The summed E-state index contributed by atoms with van der Waals surface area (Å²) in [7, 11) is 0. The van der Waals surface area contributed by atoms with Gasteiger partial charge in [-0.3, -0.25) is 4.79 Å². The fourth-order valence-corrected chi connectivity index (χ4v) is 4.84. The van der Waals surface area contributed by atoms with E-state index in [2.05, 4.69) is 12.2 Å². The van der Waals surface area contributed by atoms with E-state index >= 15 is 0 Å². The van der Waals surface area contributed by atoms with Gasteiger partial charge >= 0.3 is 5.97 Å². The van der Waals surface area contributed by atoms with Gasteiger partial charge in [0, 0.05) is 15.9 Å². The highest BCUT2D eigenvalue weighted by Crippen LogP contribution is 2.33. The predicted molar refractivity (Wildman–Crippen MR) is 105 cm³/mol. The molecule has 1 aromatic heterocycles. The van der Waals surface area contributed by atoms with Gasteiger partial charge in [0.2, 0.25) is 0 Å². The zero-order valence-electron chi connectivity index (χ0n) is 15.8. The van der Waals surface area contributed by atoms with Crippen LogP contribution in [0.4, 0.5) is 5.69 Å². The van der Waals surface area contributed by atoms with Crippen molar-refractivity contribution in [2.24, 2.45) is 5.92 Å². The van der Waals surface area contributed by atoms with E-state index in [1.54, 1.807) is 11.3 Å². The summed E-state index contributed by atoms with van der Waals surface area (Å²) in [6.07, 6.45) is 3.04. The van der Waals surface area contributed by atoms with Crippen LogP contribution in [0, 0.1) is 26.7 Å². The number of benzene rings is 1. The summed E-state index contributed by atoms with van der Waals surface area (Å²) >= 11 is 1.62. The van der Waals surface area contributed by atoms with Gasteiger partial charge in [0.25, 0.3) is 5.91 Å². The number of fused-ring (bicyclic) bond motifs is 1. The number of esters is 1. The zero-order valence-corrected chi connectivity index (χ0v) is 16.6. The highest BCUT2D eigenvalue weighted by Gasteiger charge is 2.24. The molecule has 1 N–H and O–H groups in total. The number of hydrogen-bond donors (Lipinski definition) is 1. The smallest absolute Gasteiger partial charge is 0.339 e. The fourth-order valence-electron chi connectivity index (χ4n) is 3.61. The first kappa shape index (κ1) is 18.6. The molecule has 0 saturated heterocycles. The van der Waals surface area contributed by atoms with Gasteiger partial charge in [0.15, 0.2) is 6.61 Å². The number of carbonyl (C=O) groups is 2. The lowest BCUT2D eigenvalue weighted by Crippen LogP contribution is -2.22. The number of rotatable bonds is 4. The Morgan fingerprint density at radius 3 is 2.62 bits per heavy atom. The second-order valence-electron chi connectivity index (χ2n) is 7.30. The number of hydrogen-bond acceptors (Lipinski definition) is 4. The normalized spacial score (nSPS) is 16.1. The van der Waals surface area contributed by atoms with Crippen molar-refractivity contribution in [2.75, 3.05) is 11.9 Å². The summed E-state index contributed by atoms with van der Waals surface area (Å²) in [5.41, 5.74) is 5.70. The molecule has 5 heteroatoms. The Hall–Kier alpha value is -2.14. The topological polar surface area (TPSA) is 55.4 Å². The van der Waals surface area contributed by atoms with Crippen LogP contribution >= 0.6 is 11.3 Å². The maximum atomic E-state index is 12.4. The first-order valence-corrected chi connectivity index (χ1v) is 9.87. The average molecular weight is 372 g/mol. The van der Waals surface area contributed by atoms with Crippen molar-refractivity contribution in [2.45, 2.75) is 47.0 Å². The first-order valence-electron chi connectivity index (χ1n) is 8.99. The minimum atomic E-state index is -0.399.